The Balaban J connectivity index is 2.01. The van der Waals surface area contributed by atoms with E-state index in [0.29, 0.717) is 16.7 Å². The van der Waals surface area contributed by atoms with Crippen molar-refractivity contribution in [2.24, 2.45) is 5.41 Å². The topological polar surface area (TPSA) is 58.6 Å². The Labute approximate surface area is 106 Å². The number of ketones is 1. The second-order valence-electron chi connectivity index (χ2n) is 5.41. The van der Waals surface area contributed by atoms with E-state index in [2.05, 4.69) is 21.9 Å². The van der Waals surface area contributed by atoms with Crippen molar-refractivity contribution in [2.45, 2.75) is 39.0 Å². The van der Waals surface area contributed by atoms with Crippen LogP contribution in [-0.2, 0) is 0 Å². The molecule has 94 valence electrons. The van der Waals surface area contributed by atoms with Crippen molar-refractivity contribution in [1.29, 1.82) is 0 Å². The Hall–Kier alpha value is -1.71. The van der Waals surface area contributed by atoms with Crippen LogP contribution in [0.4, 0.5) is 0 Å². The number of carbonyl (C=O) groups excluding carboxylic acids is 1. The van der Waals surface area contributed by atoms with Crippen molar-refractivity contribution >= 4 is 16.9 Å². The summed E-state index contributed by atoms with van der Waals surface area (Å²) in [6, 6.07) is 0. The van der Waals surface area contributed by atoms with E-state index in [9.17, 15) is 4.79 Å². The van der Waals surface area contributed by atoms with E-state index in [1.54, 1.807) is 18.6 Å². The lowest BCUT2D eigenvalue weighted by Gasteiger charge is -2.31. The second kappa shape index (κ2) is 4.19. The normalized spacial score (nSPS) is 18.9. The Morgan fingerprint density at radius 2 is 1.94 bits per heavy atom. The molecule has 18 heavy (non-hydrogen) atoms. The third-order valence-corrected chi connectivity index (χ3v) is 4.06. The molecule has 1 N–H and O–H groups in total. The zero-order chi connectivity index (χ0) is 12.6. The molecule has 0 bridgehead atoms. The smallest absolute Gasteiger partial charge is 0.172 e. The first-order valence-electron chi connectivity index (χ1n) is 6.54. The van der Waals surface area contributed by atoms with Crippen molar-refractivity contribution in [3.63, 3.8) is 0 Å². The predicted octanol–water partition coefficient (Wildman–Crippen LogP) is 3.11. The summed E-state index contributed by atoms with van der Waals surface area (Å²) in [5, 5.41) is 0. The number of aromatic nitrogens is 3. The summed E-state index contributed by atoms with van der Waals surface area (Å²) in [7, 11) is 0. The number of nitrogens with zero attached hydrogens (tertiary/aromatic N) is 2. The van der Waals surface area contributed by atoms with Gasteiger partial charge in [-0.15, -0.1) is 0 Å². The quantitative estimate of drug-likeness (QED) is 0.824. The molecule has 2 aromatic rings. The molecule has 0 amide bonds. The van der Waals surface area contributed by atoms with Crippen LogP contribution >= 0.6 is 0 Å². The molecule has 1 saturated carbocycles. The molecule has 2 aromatic heterocycles. The van der Waals surface area contributed by atoms with Crippen molar-refractivity contribution < 1.29 is 4.79 Å². The number of H-pyrrole nitrogens is 1. The minimum atomic E-state index is -0.217. The van der Waals surface area contributed by atoms with Gasteiger partial charge in [-0.05, 0) is 12.8 Å². The van der Waals surface area contributed by atoms with E-state index in [1.807, 2.05) is 0 Å². The maximum absolute atomic E-state index is 12.7. The van der Waals surface area contributed by atoms with Crippen LogP contribution in [-0.4, -0.2) is 20.7 Å². The maximum atomic E-state index is 12.7. The van der Waals surface area contributed by atoms with Crippen LogP contribution in [0.3, 0.4) is 0 Å². The summed E-state index contributed by atoms with van der Waals surface area (Å²) < 4.78 is 0. The Kier molecular flexibility index (Phi) is 2.65. The molecule has 0 aromatic carbocycles. The van der Waals surface area contributed by atoms with Gasteiger partial charge in [0.05, 0.1) is 5.56 Å². The summed E-state index contributed by atoms with van der Waals surface area (Å²) in [6.07, 6.45) is 10.5. The molecule has 3 rings (SSSR count). The highest BCUT2D eigenvalue weighted by atomic mass is 16.1. The van der Waals surface area contributed by atoms with Gasteiger partial charge < -0.3 is 4.98 Å². The van der Waals surface area contributed by atoms with Gasteiger partial charge in [-0.2, -0.15) is 0 Å². The highest BCUT2D eigenvalue weighted by molar-refractivity contribution is 6.08. The van der Waals surface area contributed by atoms with E-state index < -0.39 is 0 Å². The Morgan fingerprint density at radius 1 is 1.22 bits per heavy atom. The molecular weight excluding hydrogens is 226 g/mol. The highest BCUT2D eigenvalue weighted by Crippen LogP contribution is 2.39. The van der Waals surface area contributed by atoms with E-state index in [4.69, 9.17) is 0 Å². The lowest BCUT2D eigenvalue weighted by molar-refractivity contribution is 0.0751. The molecular formula is C14H17N3O. The van der Waals surface area contributed by atoms with E-state index in [1.165, 1.54) is 6.42 Å². The van der Waals surface area contributed by atoms with Crippen LogP contribution in [0.5, 0.6) is 0 Å². The fourth-order valence-electron chi connectivity index (χ4n) is 2.91. The third kappa shape index (κ3) is 1.72. The molecule has 0 atom stereocenters. The van der Waals surface area contributed by atoms with Crippen molar-refractivity contribution in [3.8, 4) is 0 Å². The first-order chi connectivity index (χ1) is 8.71. The zero-order valence-corrected chi connectivity index (χ0v) is 10.6. The first-order valence-corrected chi connectivity index (χ1v) is 6.54. The molecule has 0 unspecified atom stereocenters. The highest BCUT2D eigenvalue weighted by Gasteiger charge is 2.36. The summed E-state index contributed by atoms with van der Waals surface area (Å²) in [5.41, 5.74) is 1.88. The number of rotatable bonds is 2. The molecule has 2 heterocycles. The average Bonchev–Trinajstić information content (AvgIpc) is 2.82. The molecule has 1 fully saturated rings. The van der Waals surface area contributed by atoms with Crippen LogP contribution in [0.15, 0.2) is 18.6 Å². The summed E-state index contributed by atoms with van der Waals surface area (Å²) in [4.78, 5) is 24.2. The van der Waals surface area contributed by atoms with E-state index in [0.717, 1.165) is 25.7 Å². The summed E-state index contributed by atoms with van der Waals surface area (Å²) in [6.45, 7) is 2.09. The SMILES string of the molecule is CC1(C(=O)c2c[nH]c3nccnc23)CCCCC1. The van der Waals surface area contributed by atoms with Gasteiger partial charge in [-0.25, -0.2) is 4.98 Å². The molecule has 4 heteroatoms. The molecule has 0 aliphatic heterocycles. The zero-order valence-electron chi connectivity index (χ0n) is 10.6. The van der Waals surface area contributed by atoms with E-state index >= 15 is 0 Å². The fourth-order valence-corrected chi connectivity index (χ4v) is 2.91. The molecule has 1 aliphatic carbocycles. The van der Waals surface area contributed by atoms with Gasteiger partial charge in [0.2, 0.25) is 0 Å². The van der Waals surface area contributed by atoms with Gasteiger partial charge in [0.15, 0.2) is 11.4 Å². The summed E-state index contributed by atoms with van der Waals surface area (Å²) in [5.74, 6) is 0.217. The number of carbonyl (C=O) groups is 1. The van der Waals surface area contributed by atoms with Gasteiger partial charge in [-0.1, -0.05) is 26.2 Å². The summed E-state index contributed by atoms with van der Waals surface area (Å²) >= 11 is 0. The minimum absolute atomic E-state index is 0.217. The largest absolute Gasteiger partial charge is 0.344 e. The number of hydrogen-bond donors (Lipinski definition) is 1. The molecule has 0 spiro atoms. The monoisotopic (exact) mass is 243 g/mol. The molecule has 1 aliphatic rings. The lowest BCUT2D eigenvalue weighted by Crippen LogP contribution is -2.30. The number of hydrogen-bond acceptors (Lipinski definition) is 3. The Bertz CT molecular complexity index is 581. The fraction of sp³-hybridized carbons (Fsp3) is 0.500. The Morgan fingerprint density at radius 3 is 2.72 bits per heavy atom. The molecule has 4 nitrogen and oxygen atoms in total. The van der Waals surface area contributed by atoms with Gasteiger partial charge in [0.25, 0.3) is 0 Å². The van der Waals surface area contributed by atoms with Crippen molar-refractivity contribution in [1.82, 2.24) is 15.0 Å². The minimum Gasteiger partial charge on any atom is -0.344 e. The van der Waals surface area contributed by atoms with Crippen LogP contribution < -0.4 is 0 Å². The van der Waals surface area contributed by atoms with Crippen LogP contribution in [0.25, 0.3) is 11.2 Å². The average molecular weight is 243 g/mol. The van der Waals surface area contributed by atoms with Gasteiger partial charge >= 0.3 is 0 Å². The predicted molar refractivity (Wildman–Crippen MR) is 69.4 cm³/mol. The van der Waals surface area contributed by atoms with Crippen LogP contribution in [0.1, 0.15) is 49.4 Å². The second-order valence-corrected chi connectivity index (χ2v) is 5.41. The lowest BCUT2D eigenvalue weighted by atomic mass is 9.71. The standard InChI is InChI=1S/C14H17N3O/c1-14(5-3-2-4-6-14)12(18)10-9-17-13-11(10)15-7-8-16-13/h7-9H,2-6H2,1H3,(H,16,17). The van der Waals surface area contributed by atoms with Crippen molar-refractivity contribution in [3.05, 3.63) is 24.2 Å². The maximum Gasteiger partial charge on any atom is 0.172 e. The van der Waals surface area contributed by atoms with Crippen LogP contribution in [0.2, 0.25) is 0 Å². The molecule has 0 saturated heterocycles. The van der Waals surface area contributed by atoms with Gasteiger partial charge in [0, 0.05) is 24.0 Å². The van der Waals surface area contributed by atoms with Crippen molar-refractivity contribution in [2.75, 3.05) is 0 Å². The molecule has 0 radical (unpaired) electrons. The number of Topliss-reactive ketones (excluding diaryl/α,β-unsaturated/α-hetero) is 1. The van der Waals surface area contributed by atoms with Gasteiger partial charge in [-0.3, -0.25) is 9.78 Å². The number of nitrogens with one attached hydrogen (secondary N) is 1. The van der Waals surface area contributed by atoms with Gasteiger partial charge in [0.1, 0.15) is 5.52 Å². The first kappa shape index (κ1) is 11.4. The van der Waals surface area contributed by atoms with E-state index in [-0.39, 0.29) is 11.2 Å². The number of aromatic amines is 1. The third-order valence-electron chi connectivity index (χ3n) is 4.06. The number of fused-ring (bicyclic) bond motifs is 1. The van der Waals surface area contributed by atoms with Crippen LogP contribution in [0, 0.1) is 5.41 Å².